The molecule has 0 radical (unpaired) electrons. The number of anilines is 2. The second-order valence-corrected chi connectivity index (χ2v) is 38.8. The normalized spacial score (nSPS) is 14.5. The highest BCUT2D eigenvalue weighted by atomic mass is 16.5. The summed E-state index contributed by atoms with van der Waals surface area (Å²) in [5, 5.41) is 21.7. The number of unbranched alkanes of at least 4 members (excludes halogenated alkanes) is 4. The van der Waals surface area contributed by atoms with Gasteiger partial charge < -0.3 is 24.0 Å². The van der Waals surface area contributed by atoms with Gasteiger partial charge in [-0.05, 0) is 261 Å². The molecule has 8 nitrogen and oxygen atoms in total. The molecule has 15 aromatic carbocycles. The van der Waals surface area contributed by atoms with Crippen LogP contribution in [0.5, 0.6) is 17.2 Å². The Hall–Kier alpha value is -10.8. The lowest BCUT2D eigenvalue weighted by atomic mass is 9.80. The summed E-state index contributed by atoms with van der Waals surface area (Å²) in [4.78, 5) is 24.7. The van der Waals surface area contributed by atoms with Crippen molar-refractivity contribution in [1.29, 1.82) is 0 Å². The van der Waals surface area contributed by atoms with Crippen LogP contribution in [0.15, 0.2) is 206 Å². The minimum atomic E-state index is -0.305. The number of hydrogen-bond donors (Lipinski definition) is 0. The summed E-state index contributed by atoms with van der Waals surface area (Å²) in [7, 11) is 1.98. The zero-order chi connectivity index (χ0) is 89.8. The van der Waals surface area contributed by atoms with E-state index < -0.39 is 0 Å². The summed E-state index contributed by atoms with van der Waals surface area (Å²) in [5.41, 5.74) is 23.4. The van der Waals surface area contributed by atoms with E-state index in [1.165, 1.54) is 261 Å². The molecule has 18 rings (SSSR count). The van der Waals surface area contributed by atoms with Gasteiger partial charge in [-0.15, -0.1) is 0 Å². The van der Waals surface area contributed by atoms with Crippen molar-refractivity contribution in [2.24, 2.45) is 23.7 Å². The Morgan fingerprint density at radius 1 is 0.377 bits per heavy atom. The van der Waals surface area contributed by atoms with Crippen LogP contribution in [0.3, 0.4) is 0 Å². The molecule has 672 valence electrons. The van der Waals surface area contributed by atoms with Gasteiger partial charge in [0, 0.05) is 128 Å². The average Bonchev–Trinajstić information content (AvgIpc) is 0.697. The van der Waals surface area contributed by atoms with Gasteiger partial charge in [-0.25, -0.2) is 4.79 Å². The summed E-state index contributed by atoms with van der Waals surface area (Å²) in [6.45, 7) is 36.2. The van der Waals surface area contributed by atoms with E-state index in [9.17, 15) is 4.79 Å². The largest absolute Gasteiger partial charge is 0.495 e. The van der Waals surface area contributed by atoms with Crippen molar-refractivity contribution in [2.75, 3.05) is 56.2 Å². The Labute approximate surface area is 775 Å². The lowest BCUT2D eigenvalue weighted by molar-refractivity contribution is 0.0451. The molecule has 0 saturated carbocycles. The summed E-state index contributed by atoms with van der Waals surface area (Å²) < 4.78 is 20.7. The van der Waals surface area contributed by atoms with Crippen LogP contribution in [-0.2, 0) is 63.1 Å². The second kappa shape index (κ2) is 40.1. The number of ether oxygens (including phenoxy) is 3. The Balaban J connectivity index is 0.709. The smallest absolute Gasteiger partial charge is 0.338 e. The van der Waals surface area contributed by atoms with Gasteiger partial charge in [-0.3, -0.25) is 9.80 Å². The molecule has 4 atom stereocenters. The van der Waals surface area contributed by atoms with Crippen LogP contribution in [0.25, 0.3) is 108 Å². The predicted octanol–water partition coefficient (Wildman–Crippen LogP) is 32.4. The van der Waals surface area contributed by atoms with Gasteiger partial charge in [0.15, 0.2) is 0 Å². The Bertz CT molecular complexity index is 6130. The topological polar surface area (TPSA) is 57.7 Å². The first-order valence-electron chi connectivity index (χ1n) is 50.7. The van der Waals surface area contributed by atoms with Crippen LogP contribution in [0, 0.1) is 23.7 Å². The molecule has 8 heteroatoms. The minimum Gasteiger partial charge on any atom is -0.495 e. The molecular formula is C122H140N4O4. The highest BCUT2D eigenvalue weighted by Crippen LogP contribution is 2.55. The van der Waals surface area contributed by atoms with Crippen molar-refractivity contribution in [2.45, 2.75) is 250 Å². The third-order valence-electron chi connectivity index (χ3n) is 31.0. The van der Waals surface area contributed by atoms with Crippen molar-refractivity contribution in [3.8, 4) is 39.5 Å². The number of methoxy groups -OCH3 is 1. The second-order valence-electron chi connectivity index (χ2n) is 38.8. The molecule has 0 aliphatic carbocycles. The van der Waals surface area contributed by atoms with E-state index in [1.54, 1.807) is 0 Å². The predicted molar refractivity (Wildman–Crippen MR) is 554 cm³/mol. The van der Waals surface area contributed by atoms with Gasteiger partial charge in [0.2, 0.25) is 0 Å². The highest BCUT2D eigenvalue weighted by molar-refractivity contribution is 6.34. The number of hydrogen-bond acceptors (Lipinski definition) is 8. The fourth-order valence-electron chi connectivity index (χ4n) is 23.8. The number of carbonyl (C=O) groups excluding carboxylic acids is 1. The maximum Gasteiger partial charge on any atom is 0.338 e. The third-order valence-corrected chi connectivity index (χ3v) is 31.0. The number of fused-ring (bicyclic) bond motifs is 8. The monoisotopic (exact) mass is 1730 g/mol. The summed E-state index contributed by atoms with van der Waals surface area (Å²) in [6.07, 6.45) is 23.8. The third kappa shape index (κ3) is 17.3. The maximum atomic E-state index is 14.8. The number of rotatable bonds is 40. The van der Waals surface area contributed by atoms with Gasteiger partial charge in [0.05, 0.1) is 12.7 Å². The average molecular weight is 1730 g/mol. The highest BCUT2D eigenvalue weighted by Gasteiger charge is 2.36. The molecule has 0 spiro atoms. The summed E-state index contributed by atoms with van der Waals surface area (Å²) in [6, 6.07) is 80.6. The van der Waals surface area contributed by atoms with Crippen LogP contribution < -0.4 is 19.3 Å². The van der Waals surface area contributed by atoms with Crippen LogP contribution in [0.4, 0.5) is 11.4 Å². The molecule has 0 aromatic heterocycles. The van der Waals surface area contributed by atoms with Gasteiger partial charge in [0.25, 0.3) is 0 Å². The molecule has 0 amide bonds. The molecule has 3 aliphatic heterocycles. The maximum absolute atomic E-state index is 14.8. The lowest BCUT2D eigenvalue weighted by Crippen LogP contribution is -2.30. The van der Waals surface area contributed by atoms with Crippen LogP contribution in [0.2, 0.25) is 0 Å². The summed E-state index contributed by atoms with van der Waals surface area (Å²) in [5.74, 6) is 4.50. The van der Waals surface area contributed by atoms with E-state index >= 15 is 0 Å². The van der Waals surface area contributed by atoms with Crippen LogP contribution >= 0.6 is 0 Å². The molecule has 15 aromatic rings. The molecule has 0 bridgehead atoms. The van der Waals surface area contributed by atoms with E-state index in [4.69, 9.17) is 14.2 Å². The molecule has 0 fully saturated rings. The van der Waals surface area contributed by atoms with Crippen LogP contribution in [0.1, 0.15) is 269 Å². The Kier molecular flexibility index (Phi) is 27.7. The molecule has 0 saturated heterocycles. The molecule has 130 heavy (non-hydrogen) atoms. The molecule has 0 N–H and O–H groups in total. The van der Waals surface area contributed by atoms with E-state index in [0.717, 1.165) is 130 Å². The Morgan fingerprint density at radius 2 is 0.746 bits per heavy atom. The first-order chi connectivity index (χ1) is 63.8. The van der Waals surface area contributed by atoms with E-state index in [-0.39, 0.29) is 18.5 Å². The first kappa shape index (κ1) is 89.8. The quantitative estimate of drug-likeness (QED) is 0.0214. The van der Waals surface area contributed by atoms with E-state index in [0.29, 0.717) is 35.8 Å². The minimum absolute atomic E-state index is 0.235. The van der Waals surface area contributed by atoms with Crippen molar-refractivity contribution in [3.05, 3.63) is 279 Å². The molecule has 3 aliphatic rings. The van der Waals surface area contributed by atoms with Crippen molar-refractivity contribution in [1.82, 2.24) is 9.80 Å². The van der Waals surface area contributed by atoms with E-state index in [2.05, 4.69) is 291 Å². The Morgan fingerprint density at radius 3 is 1.10 bits per heavy atom. The van der Waals surface area contributed by atoms with Crippen molar-refractivity contribution < 1.29 is 19.0 Å². The fourth-order valence-corrected chi connectivity index (χ4v) is 23.8. The zero-order valence-electron chi connectivity index (χ0n) is 80.4. The van der Waals surface area contributed by atoms with Crippen LogP contribution in [-0.4, -0.2) is 62.2 Å². The van der Waals surface area contributed by atoms with Gasteiger partial charge >= 0.3 is 5.97 Å². The number of carbonyl (C=O) groups is 1. The lowest BCUT2D eigenvalue weighted by Gasteiger charge is -2.32. The zero-order valence-corrected chi connectivity index (χ0v) is 80.4. The number of nitrogens with zero attached hydrogens (tertiary/aromatic N) is 4. The van der Waals surface area contributed by atoms with E-state index in [1.807, 2.05) is 25.3 Å². The standard InChI is InChI=1S/C122H140N4O4/c1-14-26-36-79(18-5)64-84-40-32-46-95-106(84)72-107-85(65-80(19-6)37-27-15-2)41-33-47-96(107)116(95)110-68-83(69-111(121(110)128-13)117-97-48-34-42-86(66-81(20-7)38-28-16-3)108(97)73-109-87(43-35-49-98(109)117)67-82(21-8)39-29-17-4)74-124-77-90-52-58-101-99-56-50-88-75-123(76-89-51-57-100(119(99)114(88)89)102-59-53-91(78-124)115(90)120(101)102)62-63-129-122(127)103-45-31-30-44-94(103)118-104-60-54-92(125(22-9)23-10)70-112(104)130-113-71-93(55-61-105(113)118)126(24-11)25-12/h30-35,40-61,68-73,79-82,118H,14-29,36-39,62-67,74-78H2,1-13H3. The van der Waals surface area contributed by atoms with Gasteiger partial charge in [-0.1, -0.05) is 310 Å². The van der Waals surface area contributed by atoms with Gasteiger partial charge in [-0.2, -0.15) is 0 Å². The number of esters is 1. The number of benzene rings is 15. The van der Waals surface area contributed by atoms with Crippen molar-refractivity contribution in [3.63, 3.8) is 0 Å². The fraction of sp³-hybridized carbons (Fsp3) is 0.402. The molecular weight excluding hydrogens is 1590 g/mol. The SMILES string of the molecule is CCCCC(CC)Cc1cccc2c(-c3cc(CN4Cc5ccc6c7ccc8c9c(ccc(c%10ccc(c5c6%10)C4)c97)CN(CCOC(=O)c4ccccc4C4c5ccc(N(CC)CC)cc5Oc5cc(N(CC)CC)ccc54)C8)cc(-c4c5cccc(CC(CC)CCCC)c5cc5c(CC(CC)CCCC)cccc45)c3OC)c3cccc(CC(CC)CCCC)c3cc12. The van der Waals surface area contributed by atoms with Gasteiger partial charge in [0.1, 0.15) is 23.9 Å². The van der Waals surface area contributed by atoms with Crippen molar-refractivity contribution >= 4 is 104 Å². The first-order valence-corrected chi connectivity index (χ1v) is 50.7. The molecule has 4 unspecified atom stereocenters. The molecule has 3 heterocycles. The summed E-state index contributed by atoms with van der Waals surface area (Å²) >= 11 is 0.